The van der Waals surface area contributed by atoms with Gasteiger partial charge in [0.25, 0.3) is 0 Å². The number of fused-ring (bicyclic) bond motifs is 1. The molecule has 0 radical (unpaired) electrons. The molecule has 0 aromatic rings. The first kappa shape index (κ1) is 23.5. The normalized spacial score (nSPS) is 30.4. The zero-order valence-electron chi connectivity index (χ0n) is 18.7. The third-order valence-electron chi connectivity index (χ3n) is 5.62. The lowest BCUT2D eigenvalue weighted by Gasteiger charge is -2.37. The Kier molecular flexibility index (Phi) is 7.16. The van der Waals surface area contributed by atoms with Gasteiger partial charge in [-0.2, -0.15) is 0 Å². The predicted molar refractivity (Wildman–Crippen MR) is 107 cm³/mol. The maximum atomic E-state index is 12.2. The highest BCUT2D eigenvalue weighted by Gasteiger charge is 2.56. The molecular formula is C20H36O7Si. The van der Waals surface area contributed by atoms with E-state index in [0.29, 0.717) is 12.2 Å². The van der Waals surface area contributed by atoms with Crippen LogP contribution >= 0.6 is 0 Å². The number of hydrogen-bond donors (Lipinski definition) is 0. The number of hydrogen-bond acceptors (Lipinski definition) is 7. The van der Waals surface area contributed by atoms with Gasteiger partial charge >= 0.3 is 5.97 Å². The number of esters is 1. The van der Waals surface area contributed by atoms with Crippen LogP contribution in [-0.4, -0.2) is 65.0 Å². The van der Waals surface area contributed by atoms with Crippen molar-refractivity contribution in [3.05, 3.63) is 11.6 Å². The Morgan fingerprint density at radius 1 is 1.21 bits per heavy atom. The van der Waals surface area contributed by atoms with Gasteiger partial charge in [0.15, 0.2) is 20.4 Å². The van der Waals surface area contributed by atoms with Gasteiger partial charge in [0.2, 0.25) is 0 Å². The summed E-state index contributed by atoms with van der Waals surface area (Å²) < 4.78 is 35.0. The maximum absolute atomic E-state index is 12.2. The van der Waals surface area contributed by atoms with Gasteiger partial charge in [0.05, 0.1) is 13.2 Å². The van der Waals surface area contributed by atoms with E-state index < -0.39 is 38.6 Å². The SMILES string of the molecule is CCOC(=O)/C=C(/CO[Si](C)(C)C(C)(C)C)[C@H]1O[C@@H]2OC(C)(C)O[C@@H]2[C@H]1OC. The van der Waals surface area contributed by atoms with Crippen molar-refractivity contribution in [1.29, 1.82) is 0 Å². The first-order valence-corrected chi connectivity index (χ1v) is 12.8. The standard InChI is InChI=1S/C20H36O7Si/c1-10-23-14(21)11-13(12-24-28(8,9)19(2,3)4)15-16(22-7)17-18(25-15)27-20(5,6)26-17/h11,15-18H,10,12H2,1-9H3/b13-11-/t15-,16+,17-,18-/m1/s1. The van der Waals surface area contributed by atoms with Crippen LogP contribution in [0.5, 0.6) is 0 Å². The van der Waals surface area contributed by atoms with Crippen molar-refractivity contribution in [2.45, 2.75) is 90.1 Å². The molecule has 0 N–H and O–H groups in total. The van der Waals surface area contributed by atoms with Gasteiger partial charge in [-0.3, -0.25) is 0 Å². The third-order valence-corrected chi connectivity index (χ3v) is 10.1. The van der Waals surface area contributed by atoms with Crippen LogP contribution in [0.4, 0.5) is 0 Å². The molecule has 7 nitrogen and oxygen atoms in total. The van der Waals surface area contributed by atoms with Gasteiger partial charge in [-0.05, 0) is 44.5 Å². The average molecular weight is 417 g/mol. The number of carbonyl (C=O) groups excluding carboxylic acids is 1. The van der Waals surface area contributed by atoms with Gasteiger partial charge in [-0.15, -0.1) is 0 Å². The number of rotatable bonds is 7. The molecule has 2 rings (SSSR count). The van der Waals surface area contributed by atoms with Crippen molar-refractivity contribution in [2.24, 2.45) is 0 Å². The van der Waals surface area contributed by atoms with Crippen molar-refractivity contribution in [3.8, 4) is 0 Å². The van der Waals surface area contributed by atoms with Gasteiger partial charge in [-0.25, -0.2) is 4.79 Å². The van der Waals surface area contributed by atoms with Crippen molar-refractivity contribution >= 4 is 14.3 Å². The van der Waals surface area contributed by atoms with Gasteiger partial charge < -0.3 is 28.1 Å². The van der Waals surface area contributed by atoms with Crippen LogP contribution in [0.1, 0.15) is 41.5 Å². The molecule has 0 spiro atoms. The summed E-state index contributed by atoms with van der Waals surface area (Å²) in [5, 5.41) is 0.0476. The van der Waals surface area contributed by atoms with Crippen LogP contribution in [-0.2, 0) is 32.9 Å². The summed E-state index contributed by atoms with van der Waals surface area (Å²) in [4.78, 5) is 12.2. The highest BCUT2D eigenvalue weighted by molar-refractivity contribution is 6.74. The second-order valence-electron chi connectivity index (χ2n) is 9.25. The Balaban J connectivity index is 2.24. The van der Waals surface area contributed by atoms with E-state index >= 15 is 0 Å². The number of ether oxygens (including phenoxy) is 5. The summed E-state index contributed by atoms with van der Waals surface area (Å²) in [5.74, 6) is -1.16. The van der Waals surface area contributed by atoms with E-state index in [9.17, 15) is 4.79 Å². The smallest absolute Gasteiger partial charge is 0.330 e. The van der Waals surface area contributed by atoms with E-state index in [2.05, 4.69) is 33.9 Å². The molecule has 2 aliphatic rings. The fourth-order valence-corrected chi connectivity index (χ4v) is 4.02. The topological polar surface area (TPSA) is 72.5 Å². The summed E-state index contributed by atoms with van der Waals surface area (Å²) in [6.45, 7) is 16.9. The minimum Gasteiger partial charge on any atom is -0.463 e. The summed E-state index contributed by atoms with van der Waals surface area (Å²) in [7, 11) is -0.418. The molecule has 0 aromatic carbocycles. The van der Waals surface area contributed by atoms with E-state index in [1.165, 1.54) is 6.08 Å². The molecule has 162 valence electrons. The highest BCUT2D eigenvalue weighted by atomic mass is 28.4. The summed E-state index contributed by atoms with van der Waals surface area (Å²) in [6, 6.07) is 0. The van der Waals surface area contributed by atoms with Crippen LogP contribution in [0.2, 0.25) is 18.1 Å². The molecular weight excluding hydrogens is 380 g/mol. The minimum absolute atomic E-state index is 0.0476. The molecule has 0 amide bonds. The summed E-state index contributed by atoms with van der Waals surface area (Å²) >= 11 is 0. The van der Waals surface area contributed by atoms with Crippen molar-refractivity contribution in [1.82, 2.24) is 0 Å². The molecule has 2 fully saturated rings. The van der Waals surface area contributed by atoms with Crippen molar-refractivity contribution in [3.63, 3.8) is 0 Å². The fourth-order valence-electron chi connectivity index (χ4n) is 3.06. The van der Waals surface area contributed by atoms with Crippen LogP contribution < -0.4 is 0 Å². The van der Waals surface area contributed by atoms with E-state index in [4.69, 9.17) is 28.1 Å². The molecule has 0 aliphatic carbocycles. The lowest BCUT2D eigenvalue weighted by atomic mass is 10.0. The van der Waals surface area contributed by atoms with Gasteiger partial charge in [0, 0.05) is 13.2 Å². The molecule has 4 atom stereocenters. The Hall–Kier alpha value is -0.773. The quantitative estimate of drug-likeness (QED) is 0.358. The van der Waals surface area contributed by atoms with E-state index in [1.54, 1.807) is 14.0 Å². The summed E-state index contributed by atoms with van der Waals surface area (Å²) in [5.41, 5.74) is 0.675. The van der Waals surface area contributed by atoms with Crippen molar-refractivity contribution < 1.29 is 32.9 Å². The molecule has 2 heterocycles. The third kappa shape index (κ3) is 5.23. The van der Waals surface area contributed by atoms with Crippen LogP contribution in [0.3, 0.4) is 0 Å². The lowest BCUT2D eigenvalue weighted by molar-refractivity contribution is -0.212. The minimum atomic E-state index is -2.02. The average Bonchev–Trinajstić information content (AvgIpc) is 3.01. The largest absolute Gasteiger partial charge is 0.463 e. The Labute approximate surface area is 169 Å². The maximum Gasteiger partial charge on any atom is 0.330 e. The van der Waals surface area contributed by atoms with E-state index in [0.717, 1.165) is 0 Å². The molecule has 0 saturated carbocycles. The summed E-state index contributed by atoms with van der Waals surface area (Å²) in [6.07, 6.45) is -0.382. The molecule has 2 aliphatic heterocycles. The molecule has 8 heteroatoms. The Morgan fingerprint density at radius 2 is 1.86 bits per heavy atom. The van der Waals surface area contributed by atoms with Crippen LogP contribution in [0.15, 0.2) is 11.6 Å². The highest BCUT2D eigenvalue weighted by Crippen LogP contribution is 2.41. The number of methoxy groups -OCH3 is 1. The zero-order chi connectivity index (χ0) is 21.3. The number of carbonyl (C=O) groups is 1. The second kappa shape index (κ2) is 8.53. The molecule has 2 saturated heterocycles. The van der Waals surface area contributed by atoms with Crippen molar-refractivity contribution in [2.75, 3.05) is 20.3 Å². The molecule has 28 heavy (non-hydrogen) atoms. The lowest BCUT2D eigenvalue weighted by Crippen LogP contribution is -2.43. The second-order valence-corrected chi connectivity index (χ2v) is 14.1. The van der Waals surface area contributed by atoms with E-state index in [-0.39, 0.29) is 17.7 Å². The first-order valence-electron chi connectivity index (χ1n) is 9.86. The predicted octanol–water partition coefficient (Wildman–Crippen LogP) is 3.39. The van der Waals surface area contributed by atoms with Gasteiger partial charge in [-0.1, -0.05) is 20.8 Å². The molecule has 0 bridgehead atoms. The van der Waals surface area contributed by atoms with Crippen LogP contribution in [0, 0.1) is 0 Å². The van der Waals surface area contributed by atoms with E-state index in [1.807, 2.05) is 13.8 Å². The monoisotopic (exact) mass is 416 g/mol. The van der Waals surface area contributed by atoms with Gasteiger partial charge in [0.1, 0.15) is 18.3 Å². The fraction of sp³-hybridized carbons (Fsp3) is 0.850. The van der Waals surface area contributed by atoms with Crippen LogP contribution in [0.25, 0.3) is 0 Å². The zero-order valence-corrected chi connectivity index (χ0v) is 19.7. The molecule has 0 aromatic heterocycles. The Bertz CT molecular complexity index is 594. The Morgan fingerprint density at radius 3 is 2.39 bits per heavy atom. The first-order chi connectivity index (χ1) is 12.8. The molecule has 0 unspecified atom stereocenters.